The standard InChI is InChI=1S/C12H9Cl2NO/c13-12(14,11-8-4-5-9-15-11)16-10-6-2-1-3-7-10/h1-9H. The molecule has 2 nitrogen and oxygen atoms in total. The van der Waals surface area contributed by atoms with Gasteiger partial charge < -0.3 is 4.74 Å². The molecule has 0 bridgehead atoms. The molecule has 0 amide bonds. The Kier molecular flexibility index (Phi) is 3.32. The smallest absolute Gasteiger partial charge is 0.301 e. The van der Waals surface area contributed by atoms with Crippen LogP contribution in [0.4, 0.5) is 0 Å². The van der Waals surface area contributed by atoms with Gasteiger partial charge in [-0.15, -0.1) is 0 Å². The Hall–Kier alpha value is -1.25. The first-order valence-corrected chi connectivity index (χ1v) is 5.47. The van der Waals surface area contributed by atoms with E-state index in [9.17, 15) is 0 Å². The molecule has 0 radical (unpaired) electrons. The van der Waals surface area contributed by atoms with Crippen LogP contribution in [0.1, 0.15) is 5.69 Å². The maximum Gasteiger partial charge on any atom is 0.301 e. The van der Waals surface area contributed by atoms with Gasteiger partial charge >= 0.3 is 4.52 Å². The number of halogens is 2. The number of nitrogens with zero attached hydrogens (tertiary/aromatic N) is 1. The van der Waals surface area contributed by atoms with Crippen LogP contribution < -0.4 is 4.74 Å². The van der Waals surface area contributed by atoms with Crippen molar-refractivity contribution in [1.82, 2.24) is 4.98 Å². The monoisotopic (exact) mass is 253 g/mol. The molecule has 1 heterocycles. The fourth-order valence-electron chi connectivity index (χ4n) is 1.22. The third kappa shape index (κ3) is 2.65. The van der Waals surface area contributed by atoms with Gasteiger partial charge in [-0.3, -0.25) is 4.98 Å². The Morgan fingerprint density at radius 2 is 1.62 bits per heavy atom. The molecule has 1 aromatic carbocycles. The van der Waals surface area contributed by atoms with Crippen LogP contribution in [0.5, 0.6) is 5.75 Å². The molecule has 1 aromatic heterocycles. The molecule has 0 spiro atoms. The molecular formula is C12H9Cl2NO. The highest BCUT2D eigenvalue weighted by molar-refractivity contribution is 6.46. The van der Waals surface area contributed by atoms with Crippen LogP contribution in [0, 0.1) is 0 Å². The number of hydrogen-bond donors (Lipinski definition) is 0. The number of para-hydroxylation sites is 1. The lowest BCUT2D eigenvalue weighted by Gasteiger charge is -2.20. The zero-order valence-electron chi connectivity index (χ0n) is 8.31. The largest absolute Gasteiger partial charge is 0.452 e. The van der Waals surface area contributed by atoms with Crippen LogP contribution in [0.25, 0.3) is 0 Å². The Labute approximate surface area is 104 Å². The van der Waals surface area contributed by atoms with Crippen molar-refractivity contribution in [1.29, 1.82) is 0 Å². The molecule has 0 atom stereocenters. The predicted molar refractivity (Wildman–Crippen MR) is 64.7 cm³/mol. The maximum atomic E-state index is 6.08. The van der Waals surface area contributed by atoms with Gasteiger partial charge in [0.2, 0.25) is 0 Å². The van der Waals surface area contributed by atoms with Gasteiger partial charge in [0.1, 0.15) is 11.4 Å². The molecular weight excluding hydrogens is 245 g/mol. The molecule has 0 unspecified atom stereocenters. The van der Waals surface area contributed by atoms with Gasteiger partial charge in [0, 0.05) is 6.20 Å². The van der Waals surface area contributed by atoms with Gasteiger partial charge in [0.05, 0.1) is 0 Å². The summed E-state index contributed by atoms with van der Waals surface area (Å²) in [6.07, 6.45) is 1.61. The molecule has 82 valence electrons. The number of hydrogen-bond acceptors (Lipinski definition) is 2. The molecule has 0 saturated carbocycles. The highest BCUT2D eigenvalue weighted by Gasteiger charge is 2.30. The van der Waals surface area contributed by atoms with Gasteiger partial charge in [-0.05, 0) is 24.3 Å². The second-order valence-corrected chi connectivity index (χ2v) is 4.40. The summed E-state index contributed by atoms with van der Waals surface area (Å²) in [5, 5.41) is 0. The average Bonchev–Trinajstić information content (AvgIpc) is 2.31. The summed E-state index contributed by atoms with van der Waals surface area (Å²) in [6.45, 7) is 0. The lowest BCUT2D eigenvalue weighted by Crippen LogP contribution is -2.20. The van der Waals surface area contributed by atoms with E-state index >= 15 is 0 Å². The highest BCUT2D eigenvalue weighted by Crippen LogP contribution is 2.34. The van der Waals surface area contributed by atoms with Crippen molar-refractivity contribution in [3.8, 4) is 5.75 Å². The van der Waals surface area contributed by atoms with Crippen LogP contribution >= 0.6 is 23.2 Å². The van der Waals surface area contributed by atoms with E-state index in [-0.39, 0.29) is 0 Å². The third-order valence-corrected chi connectivity index (χ3v) is 2.49. The highest BCUT2D eigenvalue weighted by atomic mass is 35.5. The van der Waals surface area contributed by atoms with E-state index < -0.39 is 4.52 Å². The summed E-state index contributed by atoms with van der Waals surface area (Å²) >= 11 is 12.2. The average molecular weight is 254 g/mol. The van der Waals surface area contributed by atoms with Crippen LogP contribution in [-0.4, -0.2) is 4.98 Å². The molecule has 2 rings (SSSR count). The van der Waals surface area contributed by atoms with E-state index in [0.717, 1.165) is 0 Å². The van der Waals surface area contributed by atoms with E-state index in [1.165, 1.54) is 0 Å². The number of pyridine rings is 1. The van der Waals surface area contributed by atoms with Crippen LogP contribution in [0.3, 0.4) is 0 Å². The summed E-state index contributed by atoms with van der Waals surface area (Å²) in [4.78, 5) is 4.06. The Bertz CT molecular complexity index is 445. The molecule has 0 aliphatic heterocycles. The van der Waals surface area contributed by atoms with E-state index in [2.05, 4.69) is 4.98 Å². The predicted octanol–water partition coefficient (Wildman–Crippen LogP) is 3.75. The number of aromatic nitrogens is 1. The molecule has 0 N–H and O–H groups in total. The second kappa shape index (κ2) is 4.73. The van der Waals surface area contributed by atoms with Crippen LogP contribution in [-0.2, 0) is 4.52 Å². The lowest BCUT2D eigenvalue weighted by atomic mass is 10.3. The third-order valence-electron chi connectivity index (χ3n) is 1.95. The normalized spacial score (nSPS) is 11.1. The fraction of sp³-hybridized carbons (Fsp3) is 0.0833. The zero-order chi connectivity index (χ0) is 11.4. The Morgan fingerprint density at radius 1 is 0.938 bits per heavy atom. The van der Waals surface area contributed by atoms with Crippen molar-refractivity contribution in [2.24, 2.45) is 0 Å². The van der Waals surface area contributed by atoms with E-state index in [1.807, 2.05) is 18.2 Å². The Balaban J connectivity index is 2.21. The fourth-order valence-corrected chi connectivity index (χ4v) is 1.63. The zero-order valence-corrected chi connectivity index (χ0v) is 9.82. The van der Waals surface area contributed by atoms with Crippen molar-refractivity contribution < 1.29 is 4.74 Å². The van der Waals surface area contributed by atoms with Gasteiger partial charge in [-0.1, -0.05) is 47.5 Å². The van der Waals surface area contributed by atoms with E-state index in [1.54, 1.807) is 36.5 Å². The van der Waals surface area contributed by atoms with Gasteiger partial charge in [-0.25, -0.2) is 0 Å². The first-order chi connectivity index (χ1) is 7.68. The molecule has 0 saturated heterocycles. The summed E-state index contributed by atoms with van der Waals surface area (Å²) in [5.74, 6) is 0.596. The van der Waals surface area contributed by atoms with Gasteiger partial charge in [0.15, 0.2) is 0 Å². The minimum Gasteiger partial charge on any atom is -0.452 e. The SMILES string of the molecule is ClC(Cl)(Oc1ccccc1)c1ccccn1. The van der Waals surface area contributed by atoms with Crippen LogP contribution in [0.2, 0.25) is 0 Å². The molecule has 2 aromatic rings. The van der Waals surface area contributed by atoms with Crippen LogP contribution in [0.15, 0.2) is 54.7 Å². The number of ether oxygens (including phenoxy) is 1. The summed E-state index contributed by atoms with van der Waals surface area (Å²) in [6, 6.07) is 14.4. The molecule has 0 fully saturated rings. The minimum absolute atomic E-state index is 0.460. The van der Waals surface area contributed by atoms with Crippen molar-refractivity contribution in [2.45, 2.75) is 4.52 Å². The topological polar surface area (TPSA) is 22.1 Å². The maximum absolute atomic E-state index is 6.08. The first kappa shape index (κ1) is 11.2. The number of rotatable bonds is 3. The second-order valence-electron chi connectivity index (χ2n) is 3.15. The molecule has 4 heteroatoms. The van der Waals surface area contributed by atoms with E-state index in [4.69, 9.17) is 27.9 Å². The molecule has 16 heavy (non-hydrogen) atoms. The Morgan fingerprint density at radius 3 is 2.25 bits per heavy atom. The summed E-state index contributed by atoms with van der Waals surface area (Å²) in [5.41, 5.74) is 0.460. The van der Waals surface area contributed by atoms with Crippen molar-refractivity contribution >= 4 is 23.2 Å². The van der Waals surface area contributed by atoms with E-state index in [0.29, 0.717) is 11.4 Å². The summed E-state index contributed by atoms with van der Waals surface area (Å²) in [7, 11) is 0. The number of benzene rings is 1. The van der Waals surface area contributed by atoms with Crippen molar-refractivity contribution in [2.75, 3.05) is 0 Å². The quantitative estimate of drug-likeness (QED) is 0.778. The van der Waals surface area contributed by atoms with Gasteiger partial charge in [-0.2, -0.15) is 0 Å². The minimum atomic E-state index is -1.47. The van der Waals surface area contributed by atoms with Crippen molar-refractivity contribution in [3.63, 3.8) is 0 Å². The van der Waals surface area contributed by atoms with Gasteiger partial charge in [0.25, 0.3) is 0 Å². The summed E-state index contributed by atoms with van der Waals surface area (Å²) < 4.78 is 3.99. The molecule has 0 aliphatic carbocycles. The lowest BCUT2D eigenvalue weighted by molar-refractivity contribution is 0.241. The molecule has 0 aliphatic rings. The number of alkyl halides is 2. The first-order valence-electron chi connectivity index (χ1n) is 4.72. The van der Waals surface area contributed by atoms with Crippen molar-refractivity contribution in [3.05, 3.63) is 60.4 Å².